The average molecular weight is 212 g/mol. The Bertz CT molecular complexity index is 192. The van der Waals surface area contributed by atoms with Gasteiger partial charge in [0.15, 0.2) is 0 Å². The van der Waals surface area contributed by atoms with E-state index in [0.29, 0.717) is 6.04 Å². The van der Waals surface area contributed by atoms with Gasteiger partial charge in [-0.3, -0.25) is 0 Å². The summed E-state index contributed by atoms with van der Waals surface area (Å²) in [5.41, 5.74) is 0. The molecule has 0 bridgehead atoms. The molecule has 0 aromatic carbocycles. The van der Waals surface area contributed by atoms with Gasteiger partial charge in [-0.1, -0.05) is 0 Å². The first-order valence-corrected chi connectivity index (χ1v) is 6.70. The van der Waals surface area contributed by atoms with Crippen LogP contribution in [-0.4, -0.2) is 24.1 Å². The van der Waals surface area contributed by atoms with Crippen molar-refractivity contribution in [1.29, 1.82) is 5.26 Å². The van der Waals surface area contributed by atoms with Crippen LogP contribution >= 0.6 is 11.8 Å². The molecular weight excluding hydrogens is 192 g/mol. The molecule has 0 radical (unpaired) electrons. The van der Waals surface area contributed by atoms with E-state index in [0.717, 1.165) is 11.8 Å². The number of nitriles is 1. The van der Waals surface area contributed by atoms with Crippen molar-refractivity contribution < 1.29 is 0 Å². The molecule has 2 nitrogen and oxygen atoms in total. The van der Waals surface area contributed by atoms with Gasteiger partial charge in [-0.25, -0.2) is 0 Å². The molecule has 1 unspecified atom stereocenters. The van der Waals surface area contributed by atoms with Crippen LogP contribution in [0.5, 0.6) is 0 Å². The summed E-state index contributed by atoms with van der Waals surface area (Å²) in [4.78, 5) is 0. The Labute approximate surface area is 91.4 Å². The topological polar surface area (TPSA) is 35.8 Å². The lowest BCUT2D eigenvalue weighted by atomic mass is 9.94. The smallest absolute Gasteiger partial charge is 0.0666 e. The third-order valence-corrected chi connectivity index (χ3v) is 4.08. The van der Waals surface area contributed by atoms with Crippen molar-refractivity contribution >= 4 is 11.8 Å². The van der Waals surface area contributed by atoms with Crippen LogP contribution in [0.4, 0.5) is 0 Å². The lowest BCUT2D eigenvalue weighted by Crippen LogP contribution is -2.36. The molecule has 3 heteroatoms. The second-order valence-electron chi connectivity index (χ2n) is 4.15. The van der Waals surface area contributed by atoms with Gasteiger partial charge in [0.25, 0.3) is 0 Å². The molecule has 1 rings (SSSR count). The van der Waals surface area contributed by atoms with Crippen molar-refractivity contribution in [2.75, 3.05) is 12.8 Å². The Kier molecular flexibility index (Phi) is 5.36. The normalized spacial score (nSPS) is 29.5. The van der Waals surface area contributed by atoms with Crippen LogP contribution in [0, 0.1) is 17.2 Å². The molecule has 80 valence electrons. The first kappa shape index (κ1) is 11.9. The van der Waals surface area contributed by atoms with Crippen molar-refractivity contribution in [1.82, 2.24) is 5.32 Å². The summed E-state index contributed by atoms with van der Waals surface area (Å²) in [6, 6.07) is 2.92. The van der Waals surface area contributed by atoms with Crippen molar-refractivity contribution in [2.24, 2.45) is 5.92 Å². The van der Waals surface area contributed by atoms with E-state index in [1.165, 1.54) is 25.7 Å². The minimum atomic E-state index is 0.147. The van der Waals surface area contributed by atoms with Crippen LogP contribution in [0.15, 0.2) is 0 Å². The standard InChI is InChI=1S/C11H20N2S/c1-9(7-12)8-13-10-3-5-11(14-2)6-4-10/h9-11,13H,3-6,8H2,1-2H3. The highest BCUT2D eigenvalue weighted by atomic mass is 32.2. The first-order valence-electron chi connectivity index (χ1n) is 5.42. The second kappa shape index (κ2) is 6.31. The van der Waals surface area contributed by atoms with Gasteiger partial charge < -0.3 is 5.32 Å². The minimum absolute atomic E-state index is 0.147. The number of thioether (sulfide) groups is 1. The average Bonchev–Trinajstić information content (AvgIpc) is 2.26. The van der Waals surface area contributed by atoms with Crippen LogP contribution in [-0.2, 0) is 0 Å². The zero-order valence-electron chi connectivity index (χ0n) is 9.12. The van der Waals surface area contributed by atoms with Crippen molar-refractivity contribution in [2.45, 2.75) is 43.9 Å². The highest BCUT2D eigenvalue weighted by molar-refractivity contribution is 7.99. The van der Waals surface area contributed by atoms with E-state index >= 15 is 0 Å². The minimum Gasteiger partial charge on any atom is -0.313 e. The van der Waals surface area contributed by atoms with Gasteiger partial charge in [-0.15, -0.1) is 0 Å². The summed E-state index contributed by atoms with van der Waals surface area (Å²) in [5, 5.41) is 13.0. The molecular formula is C11H20N2S. The van der Waals surface area contributed by atoms with Crippen LogP contribution in [0.1, 0.15) is 32.6 Å². The Morgan fingerprint density at radius 1 is 1.43 bits per heavy atom. The Morgan fingerprint density at radius 3 is 2.57 bits per heavy atom. The third-order valence-electron chi connectivity index (χ3n) is 2.94. The summed E-state index contributed by atoms with van der Waals surface area (Å²) < 4.78 is 0. The maximum atomic E-state index is 8.65. The molecule has 0 heterocycles. The molecule has 1 saturated carbocycles. The summed E-state index contributed by atoms with van der Waals surface area (Å²) in [6.45, 7) is 2.83. The Hall–Kier alpha value is -0.200. The SMILES string of the molecule is CSC1CCC(NCC(C)C#N)CC1. The number of hydrogen-bond acceptors (Lipinski definition) is 3. The van der Waals surface area contributed by atoms with E-state index in [1.807, 2.05) is 18.7 Å². The largest absolute Gasteiger partial charge is 0.313 e. The second-order valence-corrected chi connectivity index (χ2v) is 5.29. The molecule has 1 fully saturated rings. The molecule has 0 aromatic rings. The van der Waals surface area contributed by atoms with E-state index < -0.39 is 0 Å². The summed E-state index contributed by atoms with van der Waals surface area (Å²) in [7, 11) is 0. The fourth-order valence-corrected chi connectivity index (χ4v) is 2.64. The van der Waals surface area contributed by atoms with Gasteiger partial charge >= 0.3 is 0 Å². The lowest BCUT2D eigenvalue weighted by molar-refractivity contribution is 0.371. The molecule has 1 atom stereocenters. The van der Waals surface area contributed by atoms with Crippen molar-refractivity contribution in [3.05, 3.63) is 0 Å². The zero-order chi connectivity index (χ0) is 10.4. The third kappa shape index (κ3) is 3.89. The Morgan fingerprint density at radius 2 is 2.07 bits per heavy atom. The van der Waals surface area contributed by atoms with E-state index in [-0.39, 0.29) is 5.92 Å². The fraction of sp³-hybridized carbons (Fsp3) is 0.909. The fourth-order valence-electron chi connectivity index (χ4n) is 1.89. The van der Waals surface area contributed by atoms with Crippen molar-refractivity contribution in [3.8, 4) is 6.07 Å². The monoisotopic (exact) mass is 212 g/mol. The predicted octanol–water partition coefficient (Wildman–Crippen LogP) is 2.41. The van der Waals surface area contributed by atoms with Gasteiger partial charge in [-0.2, -0.15) is 17.0 Å². The highest BCUT2D eigenvalue weighted by Crippen LogP contribution is 2.26. The van der Waals surface area contributed by atoms with Crippen LogP contribution in [0.2, 0.25) is 0 Å². The maximum absolute atomic E-state index is 8.65. The number of nitrogens with zero attached hydrogens (tertiary/aromatic N) is 1. The molecule has 0 saturated heterocycles. The van der Waals surface area contributed by atoms with Gasteiger partial charge in [0.1, 0.15) is 0 Å². The van der Waals surface area contributed by atoms with Crippen LogP contribution in [0.25, 0.3) is 0 Å². The molecule has 0 aliphatic heterocycles. The van der Waals surface area contributed by atoms with Crippen LogP contribution in [0.3, 0.4) is 0 Å². The van der Waals surface area contributed by atoms with E-state index in [1.54, 1.807) is 0 Å². The first-order chi connectivity index (χ1) is 6.76. The number of nitrogens with one attached hydrogen (secondary N) is 1. The van der Waals surface area contributed by atoms with E-state index in [4.69, 9.17) is 5.26 Å². The molecule has 0 aromatic heterocycles. The number of hydrogen-bond donors (Lipinski definition) is 1. The maximum Gasteiger partial charge on any atom is 0.0666 e. The molecule has 1 N–H and O–H groups in total. The Balaban J connectivity index is 2.13. The number of rotatable bonds is 4. The molecule has 14 heavy (non-hydrogen) atoms. The molecule has 1 aliphatic rings. The molecule has 1 aliphatic carbocycles. The van der Waals surface area contributed by atoms with Crippen molar-refractivity contribution in [3.63, 3.8) is 0 Å². The summed E-state index contributed by atoms with van der Waals surface area (Å²) >= 11 is 2.00. The summed E-state index contributed by atoms with van der Waals surface area (Å²) in [5.74, 6) is 0.147. The van der Waals surface area contributed by atoms with Gasteiger partial charge in [0.05, 0.1) is 12.0 Å². The van der Waals surface area contributed by atoms with Gasteiger partial charge in [0, 0.05) is 17.8 Å². The molecule has 0 amide bonds. The zero-order valence-corrected chi connectivity index (χ0v) is 9.94. The molecule has 0 spiro atoms. The highest BCUT2D eigenvalue weighted by Gasteiger charge is 2.20. The van der Waals surface area contributed by atoms with E-state index in [2.05, 4.69) is 17.6 Å². The summed E-state index contributed by atoms with van der Waals surface area (Å²) in [6.07, 6.45) is 7.43. The lowest BCUT2D eigenvalue weighted by Gasteiger charge is -2.28. The van der Waals surface area contributed by atoms with Crippen LogP contribution < -0.4 is 5.32 Å². The van der Waals surface area contributed by atoms with Gasteiger partial charge in [-0.05, 0) is 38.9 Å². The predicted molar refractivity (Wildman–Crippen MR) is 62.3 cm³/mol. The quantitative estimate of drug-likeness (QED) is 0.777. The van der Waals surface area contributed by atoms with Gasteiger partial charge in [0.2, 0.25) is 0 Å². The van der Waals surface area contributed by atoms with E-state index in [9.17, 15) is 0 Å².